The Bertz CT molecular complexity index is 3550. The average Bonchev–Trinajstić information content (AvgIpc) is 1.53. The summed E-state index contributed by atoms with van der Waals surface area (Å²) in [6, 6.07) is 29.9. The number of ketones is 1. The molecule has 452 valence electrons. The number of halogens is 3. The number of unbranched alkanes of at least 4 members (excludes halogenated alkanes) is 5. The molecule has 2 aromatic heterocycles. The number of ether oxygens (including phenoxy) is 1. The fraction of sp³-hybridized carbons (Fsp3) is 0.456. The highest BCUT2D eigenvalue weighted by Crippen LogP contribution is 2.54. The van der Waals surface area contributed by atoms with Crippen molar-refractivity contribution in [3.63, 3.8) is 0 Å². The number of benzene rings is 4. The maximum Gasteiger partial charge on any atom is 0.326 e. The quantitative estimate of drug-likeness (QED) is 0.0817. The molecule has 18 heteroatoms. The Labute approximate surface area is 515 Å². The van der Waals surface area contributed by atoms with E-state index in [1.807, 2.05) is 71.3 Å². The van der Waals surface area contributed by atoms with Crippen molar-refractivity contribution >= 4 is 58.3 Å². The molecule has 2 saturated heterocycles. The summed E-state index contributed by atoms with van der Waals surface area (Å²) in [4.78, 5) is 63.3. The van der Waals surface area contributed by atoms with Crippen LogP contribution in [0.1, 0.15) is 168 Å². The molecule has 4 aliphatic heterocycles. The zero-order chi connectivity index (χ0) is 61.1. The van der Waals surface area contributed by atoms with Crippen LogP contribution in [-0.4, -0.2) is 111 Å². The second-order valence-electron chi connectivity index (χ2n) is 24.8. The molecule has 86 heavy (non-hydrogen) atoms. The molecule has 6 aromatic rings. The van der Waals surface area contributed by atoms with Gasteiger partial charge in [0.1, 0.15) is 46.2 Å². The van der Waals surface area contributed by atoms with Crippen LogP contribution in [0.3, 0.4) is 0 Å². The van der Waals surface area contributed by atoms with Crippen LogP contribution < -0.4 is 15.4 Å². The SMILES string of the molecule is CCOc1cc(C(C)(C)C)ccc1C1=N[C@@](C)(c2ccc(Cl)cc2)[C@@](C)(c2ccc(Cl)cc2)N1C(=O)N1CCN(CCCCCCCCC(=O)CCCn2nc(C#N)c3c2CN(C)C(=O)c2ccc(F)cc2[C@H]2CCCN2c2cc-3cnc2N)CC1. The summed E-state index contributed by atoms with van der Waals surface area (Å²) in [6.07, 6.45) is 10.6. The molecule has 2 bridgehead atoms. The highest BCUT2D eigenvalue weighted by Gasteiger charge is 2.60. The van der Waals surface area contributed by atoms with E-state index in [9.17, 15) is 19.2 Å². The van der Waals surface area contributed by atoms with Crippen LogP contribution in [0.4, 0.5) is 20.7 Å². The number of hydrogen-bond acceptors (Lipinski definition) is 11. The number of aryl methyl sites for hydroxylation is 1. The van der Waals surface area contributed by atoms with Gasteiger partial charge < -0.3 is 25.2 Å². The van der Waals surface area contributed by atoms with Gasteiger partial charge in [0.2, 0.25) is 0 Å². The number of amides is 3. The number of pyridine rings is 1. The maximum atomic E-state index is 15.6. The average molecular weight is 1210 g/mol. The predicted molar refractivity (Wildman–Crippen MR) is 338 cm³/mol. The molecule has 4 aromatic carbocycles. The third kappa shape index (κ3) is 12.5. The molecule has 0 spiro atoms. The summed E-state index contributed by atoms with van der Waals surface area (Å²) in [5, 5.41) is 16.4. The lowest BCUT2D eigenvalue weighted by Gasteiger charge is -2.47. The van der Waals surface area contributed by atoms with Crippen molar-refractivity contribution in [3.05, 3.63) is 158 Å². The number of nitrogens with two attached hydrogens (primary N) is 1. The van der Waals surface area contributed by atoms with E-state index in [1.165, 1.54) is 12.1 Å². The molecule has 2 fully saturated rings. The van der Waals surface area contributed by atoms with Crippen molar-refractivity contribution in [3.8, 4) is 22.9 Å². The number of aliphatic imine (C=N–C) groups is 1. The minimum Gasteiger partial charge on any atom is -0.493 e. The van der Waals surface area contributed by atoms with E-state index in [0.29, 0.717) is 120 Å². The van der Waals surface area contributed by atoms with E-state index in [0.717, 1.165) is 86.8 Å². The van der Waals surface area contributed by atoms with Crippen LogP contribution in [0.15, 0.2) is 102 Å². The second kappa shape index (κ2) is 25.9. The van der Waals surface area contributed by atoms with Gasteiger partial charge in [-0.25, -0.2) is 14.2 Å². The molecule has 15 nitrogen and oxygen atoms in total. The van der Waals surface area contributed by atoms with Gasteiger partial charge in [-0.2, -0.15) is 10.4 Å². The first-order valence-electron chi connectivity index (χ1n) is 30.5. The van der Waals surface area contributed by atoms with Crippen LogP contribution in [0.25, 0.3) is 11.1 Å². The lowest BCUT2D eigenvalue weighted by atomic mass is 9.71. The first kappa shape index (κ1) is 61.8. The largest absolute Gasteiger partial charge is 0.493 e. The summed E-state index contributed by atoms with van der Waals surface area (Å²) >= 11 is 13.0. The van der Waals surface area contributed by atoms with E-state index in [4.69, 9.17) is 43.8 Å². The Morgan fingerprint density at radius 3 is 2.17 bits per heavy atom. The van der Waals surface area contributed by atoms with Crippen molar-refractivity contribution in [1.82, 2.24) is 34.4 Å². The van der Waals surface area contributed by atoms with Crippen LogP contribution in [0.2, 0.25) is 10.0 Å². The van der Waals surface area contributed by atoms with E-state index >= 15 is 4.79 Å². The number of anilines is 2. The van der Waals surface area contributed by atoms with Gasteiger partial charge in [0.25, 0.3) is 5.91 Å². The van der Waals surface area contributed by atoms with E-state index in [2.05, 4.69) is 73.7 Å². The minimum absolute atomic E-state index is 0.118. The van der Waals surface area contributed by atoms with Gasteiger partial charge in [0.05, 0.1) is 36.1 Å². The molecule has 2 N–H and O–H groups in total. The number of rotatable bonds is 18. The Hall–Kier alpha value is -7.32. The number of carbonyl (C=O) groups excluding carboxylic acids is 3. The van der Waals surface area contributed by atoms with Crippen molar-refractivity contribution in [1.29, 1.82) is 5.26 Å². The Morgan fingerprint density at radius 2 is 1.49 bits per heavy atom. The zero-order valence-electron chi connectivity index (χ0n) is 50.8. The summed E-state index contributed by atoms with van der Waals surface area (Å²) in [7, 11) is 1.70. The number of hydrogen-bond donors (Lipinski definition) is 1. The van der Waals surface area contributed by atoms with Gasteiger partial charge in [0, 0.05) is 92.1 Å². The molecule has 4 aliphatic rings. The number of nitrogen functional groups attached to an aromatic ring is 1. The third-order valence-corrected chi connectivity index (χ3v) is 18.7. The number of aromatic nitrogens is 3. The monoisotopic (exact) mass is 1200 g/mol. The Balaban J connectivity index is 0.726. The van der Waals surface area contributed by atoms with Crippen molar-refractivity contribution < 1.29 is 23.5 Å². The van der Waals surface area contributed by atoms with Crippen LogP contribution >= 0.6 is 23.2 Å². The van der Waals surface area contributed by atoms with Gasteiger partial charge in [-0.3, -0.25) is 29.1 Å². The van der Waals surface area contributed by atoms with Crippen molar-refractivity contribution in [2.45, 2.75) is 148 Å². The number of fused-ring (bicyclic) bond motifs is 8. The number of urea groups is 1. The molecule has 10 rings (SSSR count). The van der Waals surface area contributed by atoms with Crippen LogP contribution in [0.5, 0.6) is 5.75 Å². The molecule has 6 heterocycles. The fourth-order valence-electron chi connectivity index (χ4n) is 13.2. The fourth-order valence-corrected chi connectivity index (χ4v) is 13.4. The number of carbonyl (C=O) groups is 3. The van der Waals surface area contributed by atoms with E-state index < -0.39 is 16.9 Å². The first-order chi connectivity index (χ1) is 41.2. The van der Waals surface area contributed by atoms with Crippen molar-refractivity contribution in [2.24, 2.45) is 4.99 Å². The van der Waals surface area contributed by atoms with Gasteiger partial charge in [-0.1, -0.05) is 100.0 Å². The molecular weight excluding hydrogens is 1120 g/mol. The number of amidine groups is 1. The lowest BCUT2D eigenvalue weighted by molar-refractivity contribution is -0.119. The van der Waals surface area contributed by atoms with E-state index in [-0.39, 0.29) is 41.4 Å². The molecule has 3 atom stereocenters. The highest BCUT2D eigenvalue weighted by atomic mass is 35.5. The summed E-state index contributed by atoms with van der Waals surface area (Å²) < 4.78 is 23.0. The number of nitriles is 1. The standard InChI is InChI=1S/C68H80Cl2FN11O4/c1-8-86-60-40-48(66(2,3)4)24-30-54(60)63-75-67(5,46-20-25-49(69)26-21-46)68(6,47-22-27-50(70)28-23-47)82(63)65(85)79-37-35-78(36-38-79)32-14-12-10-9-11-13-17-52(83)18-15-34-81-59-44-77(7)64(84)53-31-29-51(71)41-55(53)57-19-16-33-80(57)58-39-45(43-74-62(58)73)61(59)56(42-72)76-81/h20-31,39-41,43,57H,8-19,32-38,44H2,1-7H3,(H2,73,74)/t57-,67+,68-/m1/s1. The zero-order valence-corrected chi connectivity index (χ0v) is 52.3. The third-order valence-electron chi connectivity index (χ3n) is 18.2. The predicted octanol–water partition coefficient (Wildman–Crippen LogP) is 13.9. The summed E-state index contributed by atoms with van der Waals surface area (Å²) in [5.41, 5.74) is 11.8. The Morgan fingerprint density at radius 1 is 0.826 bits per heavy atom. The maximum absolute atomic E-state index is 15.6. The molecule has 3 amide bonds. The molecule has 0 saturated carbocycles. The molecule has 0 radical (unpaired) electrons. The van der Waals surface area contributed by atoms with Crippen LogP contribution in [0, 0.1) is 17.1 Å². The smallest absolute Gasteiger partial charge is 0.326 e. The van der Waals surface area contributed by atoms with E-state index in [1.54, 1.807) is 28.9 Å². The number of piperazine rings is 1. The van der Waals surface area contributed by atoms with Gasteiger partial charge in [0.15, 0.2) is 5.69 Å². The van der Waals surface area contributed by atoms with Crippen molar-refractivity contribution in [2.75, 3.05) is 63.6 Å². The topological polar surface area (TPSA) is 170 Å². The Kier molecular flexibility index (Phi) is 18.6. The van der Waals surface area contributed by atoms with Gasteiger partial charge >= 0.3 is 6.03 Å². The first-order valence-corrected chi connectivity index (χ1v) is 31.3. The van der Waals surface area contributed by atoms with Gasteiger partial charge in [-0.05, 0) is 148 Å². The minimum atomic E-state index is -1.01. The second-order valence-corrected chi connectivity index (χ2v) is 25.7. The highest BCUT2D eigenvalue weighted by molar-refractivity contribution is 6.30. The molecule has 0 unspecified atom stereocenters. The summed E-state index contributed by atoms with van der Waals surface area (Å²) in [5.74, 6) is 1.03. The van der Waals surface area contributed by atoms with Gasteiger partial charge in [-0.15, -0.1) is 0 Å². The van der Waals surface area contributed by atoms with Crippen LogP contribution in [-0.2, 0) is 34.4 Å². The molecular formula is C68H80Cl2FN11O4. The number of Topliss-reactive ketones (excluding diaryl/α,β-unsaturated/α-hetero) is 1. The lowest BCUT2D eigenvalue weighted by Crippen LogP contribution is -2.60. The summed E-state index contributed by atoms with van der Waals surface area (Å²) in [6.45, 7) is 17.9. The molecule has 0 aliphatic carbocycles. The normalized spacial score (nSPS) is 19.8. The number of nitrogens with zero attached hydrogens (tertiary/aromatic N) is 10.